The molecule has 0 saturated carbocycles. The van der Waals surface area contributed by atoms with Crippen molar-refractivity contribution in [3.63, 3.8) is 0 Å². The molecule has 2 aromatic rings. The summed E-state index contributed by atoms with van der Waals surface area (Å²) in [5, 5.41) is 6.73. The first-order chi connectivity index (χ1) is 12.0. The van der Waals surface area contributed by atoms with Gasteiger partial charge in [-0.15, -0.1) is 0 Å². The normalized spacial score (nSPS) is 10.7. The number of nitrogens with one attached hydrogen (secondary N) is 2. The van der Waals surface area contributed by atoms with Crippen LogP contribution < -0.4 is 15.5 Å². The number of benzene rings is 1. The van der Waals surface area contributed by atoms with Gasteiger partial charge in [0, 0.05) is 0 Å². The first-order valence-electron chi connectivity index (χ1n) is 7.26. The smallest absolute Gasteiger partial charge is 0.329 e. The van der Waals surface area contributed by atoms with Crippen LogP contribution in [0.5, 0.6) is 5.75 Å². The van der Waals surface area contributed by atoms with Crippen molar-refractivity contribution >= 4 is 41.2 Å². The van der Waals surface area contributed by atoms with Crippen LogP contribution in [0.15, 0.2) is 40.0 Å². The predicted molar refractivity (Wildman–Crippen MR) is 93.9 cm³/mol. The zero-order valence-electron chi connectivity index (χ0n) is 13.2. The van der Waals surface area contributed by atoms with Crippen molar-refractivity contribution < 1.29 is 18.7 Å². The van der Waals surface area contributed by atoms with Crippen LogP contribution in [0.1, 0.15) is 18.2 Å². The molecule has 9 heteroatoms. The topological polar surface area (TPSA) is 92.9 Å². The van der Waals surface area contributed by atoms with E-state index in [1.165, 1.54) is 12.5 Å². The van der Waals surface area contributed by atoms with Gasteiger partial charge in [0.1, 0.15) is 5.76 Å². The van der Waals surface area contributed by atoms with Crippen LogP contribution in [-0.2, 0) is 16.1 Å². The molecular formula is C16H15Cl2N3O4. The van der Waals surface area contributed by atoms with Gasteiger partial charge in [-0.1, -0.05) is 23.2 Å². The minimum Gasteiger partial charge on any atom is -0.491 e. The molecule has 0 aliphatic rings. The van der Waals surface area contributed by atoms with Crippen molar-refractivity contribution in [3.05, 3.63) is 51.9 Å². The summed E-state index contributed by atoms with van der Waals surface area (Å²) in [6.45, 7) is 2.34. The highest BCUT2D eigenvalue weighted by molar-refractivity contribution is 6.37. The van der Waals surface area contributed by atoms with Gasteiger partial charge in [0.25, 0.3) is 0 Å². The van der Waals surface area contributed by atoms with Crippen molar-refractivity contribution in [1.29, 1.82) is 0 Å². The Morgan fingerprint density at radius 2 is 2.00 bits per heavy atom. The lowest BCUT2D eigenvalue weighted by molar-refractivity contribution is -0.139. The van der Waals surface area contributed by atoms with E-state index in [-0.39, 0.29) is 6.54 Å². The van der Waals surface area contributed by atoms with E-state index in [2.05, 4.69) is 15.8 Å². The summed E-state index contributed by atoms with van der Waals surface area (Å²) < 4.78 is 10.4. The second-order valence-electron chi connectivity index (χ2n) is 4.71. The Morgan fingerprint density at radius 1 is 1.28 bits per heavy atom. The lowest BCUT2D eigenvalue weighted by Gasteiger charge is -2.08. The average Bonchev–Trinajstić information content (AvgIpc) is 3.09. The van der Waals surface area contributed by atoms with Crippen molar-refractivity contribution in [2.75, 3.05) is 6.61 Å². The fraction of sp³-hybridized carbons (Fsp3) is 0.188. The fourth-order valence-electron chi connectivity index (χ4n) is 1.81. The van der Waals surface area contributed by atoms with Gasteiger partial charge < -0.3 is 14.5 Å². The Hall–Kier alpha value is -2.51. The van der Waals surface area contributed by atoms with Gasteiger partial charge in [-0.2, -0.15) is 5.10 Å². The van der Waals surface area contributed by atoms with E-state index < -0.39 is 11.8 Å². The summed E-state index contributed by atoms with van der Waals surface area (Å²) in [7, 11) is 0. The minimum absolute atomic E-state index is 0.104. The molecule has 1 aromatic carbocycles. The van der Waals surface area contributed by atoms with Gasteiger partial charge in [-0.3, -0.25) is 9.59 Å². The summed E-state index contributed by atoms with van der Waals surface area (Å²) in [4.78, 5) is 23.2. The number of ether oxygens (including phenoxy) is 1. The first kappa shape index (κ1) is 18.8. The molecule has 2 N–H and O–H groups in total. The molecule has 1 heterocycles. The van der Waals surface area contributed by atoms with Gasteiger partial charge in [0.15, 0.2) is 5.75 Å². The average molecular weight is 384 g/mol. The summed E-state index contributed by atoms with van der Waals surface area (Å²) >= 11 is 12.1. The quantitative estimate of drug-likeness (QED) is 0.455. The molecule has 1 aromatic heterocycles. The minimum atomic E-state index is -0.911. The Bertz CT molecular complexity index is 753. The van der Waals surface area contributed by atoms with E-state index >= 15 is 0 Å². The van der Waals surface area contributed by atoms with Crippen LogP contribution in [-0.4, -0.2) is 24.6 Å². The molecule has 0 aliphatic heterocycles. The molecule has 0 spiro atoms. The van der Waals surface area contributed by atoms with Crippen molar-refractivity contribution in [3.8, 4) is 5.75 Å². The molecule has 0 unspecified atom stereocenters. The Balaban J connectivity index is 1.89. The Morgan fingerprint density at radius 3 is 2.60 bits per heavy atom. The third-order valence-corrected chi connectivity index (χ3v) is 3.46. The zero-order chi connectivity index (χ0) is 18.2. The van der Waals surface area contributed by atoms with Gasteiger partial charge >= 0.3 is 11.8 Å². The summed E-state index contributed by atoms with van der Waals surface area (Å²) in [5.41, 5.74) is 2.65. The molecule has 132 valence electrons. The lowest BCUT2D eigenvalue weighted by Crippen LogP contribution is -2.37. The van der Waals surface area contributed by atoms with E-state index in [1.54, 1.807) is 24.3 Å². The van der Waals surface area contributed by atoms with Crippen LogP contribution in [0.3, 0.4) is 0 Å². The van der Waals surface area contributed by atoms with Crippen LogP contribution >= 0.6 is 23.2 Å². The highest BCUT2D eigenvalue weighted by Crippen LogP contribution is 2.33. The molecule has 0 saturated heterocycles. The lowest BCUT2D eigenvalue weighted by atomic mass is 10.2. The summed E-state index contributed by atoms with van der Waals surface area (Å²) in [5.74, 6) is -0.838. The Labute approximate surface area is 153 Å². The fourth-order valence-corrected chi connectivity index (χ4v) is 2.43. The third-order valence-electron chi connectivity index (χ3n) is 2.90. The summed E-state index contributed by atoms with van der Waals surface area (Å²) in [6.07, 6.45) is 2.78. The molecule has 0 bridgehead atoms. The molecule has 0 aliphatic carbocycles. The van der Waals surface area contributed by atoms with E-state index in [0.29, 0.717) is 33.7 Å². The molecule has 25 heavy (non-hydrogen) atoms. The van der Waals surface area contributed by atoms with Crippen LogP contribution in [0.2, 0.25) is 10.0 Å². The second-order valence-corrected chi connectivity index (χ2v) is 5.52. The number of rotatable bonds is 6. The third kappa shape index (κ3) is 5.51. The zero-order valence-corrected chi connectivity index (χ0v) is 14.7. The largest absolute Gasteiger partial charge is 0.491 e. The van der Waals surface area contributed by atoms with E-state index in [4.69, 9.17) is 32.4 Å². The maximum absolute atomic E-state index is 11.6. The second kappa shape index (κ2) is 9.10. The van der Waals surface area contributed by atoms with Crippen molar-refractivity contribution in [1.82, 2.24) is 10.7 Å². The number of hydrogen-bond acceptors (Lipinski definition) is 5. The predicted octanol–water partition coefficient (Wildman–Crippen LogP) is 2.75. The molecule has 2 rings (SSSR count). The highest BCUT2D eigenvalue weighted by Gasteiger charge is 2.13. The standard InChI is InChI=1S/C16H15Cl2N3O4/c1-2-24-14-12(17)6-10(7-13(14)18)8-20-21-16(23)15(22)19-9-11-4-3-5-25-11/h3-8H,2,9H2,1H3,(H,19,22)(H,21,23)/b20-8-. The molecule has 7 nitrogen and oxygen atoms in total. The number of carbonyl (C=O) groups excluding carboxylic acids is 2. The van der Waals surface area contributed by atoms with Crippen molar-refractivity contribution in [2.45, 2.75) is 13.5 Å². The van der Waals surface area contributed by atoms with Crippen molar-refractivity contribution in [2.24, 2.45) is 5.10 Å². The number of halogens is 2. The molecule has 0 fully saturated rings. The molecular weight excluding hydrogens is 369 g/mol. The number of furan rings is 1. The first-order valence-corrected chi connectivity index (χ1v) is 8.02. The maximum Gasteiger partial charge on any atom is 0.329 e. The number of hydrazone groups is 1. The number of hydrogen-bond donors (Lipinski definition) is 2. The molecule has 2 amide bonds. The van der Waals surface area contributed by atoms with Gasteiger partial charge in [0.2, 0.25) is 0 Å². The number of carbonyl (C=O) groups is 2. The molecule has 0 radical (unpaired) electrons. The van der Waals surface area contributed by atoms with Crippen LogP contribution in [0.4, 0.5) is 0 Å². The number of amides is 2. The molecule has 0 atom stereocenters. The monoisotopic (exact) mass is 383 g/mol. The van der Waals surface area contributed by atoms with E-state index in [9.17, 15) is 9.59 Å². The van der Waals surface area contributed by atoms with Crippen LogP contribution in [0.25, 0.3) is 0 Å². The van der Waals surface area contributed by atoms with Gasteiger partial charge in [-0.25, -0.2) is 5.43 Å². The van der Waals surface area contributed by atoms with Crippen LogP contribution in [0, 0.1) is 0 Å². The van der Waals surface area contributed by atoms with Gasteiger partial charge in [-0.05, 0) is 36.8 Å². The maximum atomic E-state index is 11.6. The summed E-state index contributed by atoms with van der Waals surface area (Å²) in [6, 6.07) is 6.50. The Kier molecular flexibility index (Phi) is 6.85. The SMILES string of the molecule is CCOc1c(Cl)cc(/C=N\NC(=O)C(=O)NCc2ccco2)cc1Cl. The van der Waals surface area contributed by atoms with E-state index in [0.717, 1.165) is 0 Å². The highest BCUT2D eigenvalue weighted by atomic mass is 35.5. The van der Waals surface area contributed by atoms with E-state index in [1.807, 2.05) is 6.92 Å². The van der Waals surface area contributed by atoms with Gasteiger partial charge in [0.05, 0.1) is 35.7 Å². The number of nitrogens with zero attached hydrogens (tertiary/aromatic N) is 1.